The molecule has 2 N–H and O–H groups in total. The third-order valence-corrected chi connectivity index (χ3v) is 2.96. The largest absolute Gasteiger partial charge is 0.320 e. The first-order valence-corrected chi connectivity index (χ1v) is 4.62. The summed E-state index contributed by atoms with van der Waals surface area (Å²) in [6.45, 7) is 1.48. The van der Waals surface area contributed by atoms with Crippen molar-refractivity contribution < 1.29 is 8.78 Å². The van der Waals surface area contributed by atoms with E-state index in [2.05, 4.69) is 0 Å². The number of hydrogen-bond donors (Lipinski definition) is 1. The molecule has 1 nitrogen and oxygen atoms in total. The predicted molar refractivity (Wildman–Crippen MR) is 45.2 cm³/mol. The highest BCUT2D eigenvalue weighted by Gasteiger charge is 2.38. The highest BCUT2D eigenvalue weighted by Crippen LogP contribution is 2.34. The van der Waals surface area contributed by atoms with Crippen molar-refractivity contribution in [2.24, 2.45) is 11.7 Å². The number of hydrogen-bond acceptors (Lipinski definition) is 1. The zero-order chi connectivity index (χ0) is 9.19. The van der Waals surface area contributed by atoms with Crippen molar-refractivity contribution in [3.63, 3.8) is 0 Å². The Morgan fingerprint density at radius 1 is 1.25 bits per heavy atom. The molecule has 0 aliphatic heterocycles. The molecule has 1 unspecified atom stereocenters. The van der Waals surface area contributed by atoms with Crippen LogP contribution in [0.25, 0.3) is 0 Å². The third-order valence-electron chi connectivity index (χ3n) is 2.96. The summed E-state index contributed by atoms with van der Waals surface area (Å²) >= 11 is 0. The van der Waals surface area contributed by atoms with Crippen LogP contribution in [0.1, 0.15) is 39.0 Å². The molecule has 0 radical (unpaired) electrons. The molecule has 0 saturated heterocycles. The molecule has 0 aromatic carbocycles. The predicted octanol–water partition coefficient (Wildman–Crippen LogP) is 2.55. The Morgan fingerprint density at radius 2 is 1.75 bits per heavy atom. The summed E-state index contributed by atoms with van der Waals surface area (Å²) in [6, 6.07) is 0. The molecule has 1 rings (SSSR count). The van der Waals surface area contributed by atoms with Crippen LogP contribution in [0.2, 0.25) is 0 Å². The summed E-state index contributed by atoms with van der Waals surface area (Å²) in [6.07, 6.45) is 2.65. The zero-order valence-corrected chi connectivity index (χ0v) is 7.52. The van der Waals surface area contributed by atoms with Crippen LogP contribution in [-0.2, 0) is 0 Å². The molecule has 1 atom stereocenters. The summed E-state index contributed by atoms with van der Waals surface area (Å²) in [7, 11) is 0. The van der Waals surface area contributed by atoms with Crippen molar-refractivity contribution in [1.29, 1.82) is 0 Å². The Hall–Kier alpha value is -0.180. The zero-order valence-electron chi connectivity index (χ0n) is 7.52. The second kappa shape index (κ2) is 3.69. The van der Waals surface area contributed by atoms with Gasteiger partial charge in [-0.15, -0.1) is 0 Å². The molecule has 1 fully saturated rings. The summed E-state index contributed by atoms with van der Waals surface area (Å²) in [4.78, 5) is 0. The van der Waals surface area contributed by atoms with E-state index in [1.54, 1.807) is 0 Å². The maximum atomic E-state index is 12.5. The van der Waals surface area contributed by atoms with E-state index in [-0.39, 0.29) is 5.92 Å². The van der Waals surface area contributed by atoms with E-state index in [0.29, 0.717) is 0 Å². The molecule has 0 amide bonds. The average molecular weight is 177 g/mol. The summed E-state index contributed by atoms with van der Waals surface area (Å²) in [5.74, 6) is 0.0197. The van der Waals surface area contributed by atoms with Gasteiger partial charge >= 0.3 is 0 Å². The van der Waals surface area contributed by atoms with Gasteiger partial charge < -0.3 is 5.73 Å². The van der Waals surface area contributed by atoms with Crippen LogP contribution >= 0.6 is 0 Å². The number of rotatable bonds is 2. The van der Waals surface area contributed by atoms with Gasteiger partial charge in [0.05, 0.1) is 5.54 Å². The van der Waals surface area contributed by atoms with E-state index in [9.17, 15) is 8.78 Å². The molecule has 0 aromatic heterocycles. The van der Waals surface area contributed by atoms with Crippen LogP contribution in [0.4, 0.5) is 8.78 Å². The maximum Gasteiger partial charge on any atom is 0.256 e. The van der Waals surface area contributed by atoms with Crippen molar-refractivity contribution >= 4 is 0 Å². The van der Waals surface area contributed by atoms with E-state index in [0.717, 1.165) is 25.7 Å². The van der Waals surface area contributed by atoms with Crippen LogP contribution in [0.5, 0.6) is 0 Å². The van der Waals surface area contributed by atoms with Crippen molar-refractivity contribution in [3.8, 4) is 0 Å². The third kappa shape index (κ3) is 1.94. The highest BCUT2D eigenvalue weighted by molar-refractivity contribution is 4.90. The SMILES string of the molecule is CC(N)(C(F)F)C1CCCCC1. The molecule has 0 bridgehead atoms. The van der Waals surface area contributed by atoms with Crippen molar-refractivity contribution in [2.45, 2.75) is 51.0 Å². The van der Waals surface area contributed by atoms with Gasteiger partial charge in [-0.05, 0) is 25.7 Å². The van der Waals surface area contributed by atoms with Gasteiger partial charge in [0.15, 0.2) is 0 Å². The molecule has 0 aromatic rings. The second-order valence-electron chi connectivity index (χ2n) is 4.00. The van der Waals surface area contributed by atoms with Gasteiger partial charge in [-0.2, -0.15) is 0 Å². The minimum atomic E-state index is -2.39. The number of nitrogens with two attached hydrogens (primary N) is 1. The molecule has 72 valence electrons. The lowest BCUT2D eigenvalue weighted by molar-refractivity contribution is 0.0173. The van der Waals surface area contributed by atoms with Crippen LogP contribution in [0, 0.1) is 5.92 Å². The van der Waals surface area contributed by atoms with Crippen molar-refractivity contribution in [2.75, 3.05) is 0 Å². The van der Waals surface area contributed by atoms with Gasteiger partial charge in [0.1, 0.15) is 0 Å². The van der Waals surface area contributed by atoms with E-state index in [4.69, 9.17) is 5.73 Å². The van der Waals surface area contributed by atoms with E-state index >= 15 is 0 Å². The molecule has 0 heterocycles. The monoisotopic (exact) mass is 177 g/mol. The maximum absolute atomic E-state index is 12.5. The molecular formula is C9H17F2N. The number of halogens is 2. The molecule has 1 saturated carbocycles. The van der Waals surface area contributed by atoms with Gasteiger partial charge in [-0.25, -0.2) is 8.78 Å². The van der Waals surface area contributed by atoms with Crippen molar-refractivity contribution in [1.82, 2.24) is 0 Å². The fourth-order valence-electron chi connectivity index (χ4n) is 1.90. The lowest BCUT2D eigenvalue weighted by Crippen LogP contribution is -2.51. The van der Waals surface area contributed by atoms with Gasteiger partial charge in [0.2, 0.25) is 0 Å². The first kappa shape index (κ1) is 9.90. The molecule has 1 aliphatic carbocycles. The smallest absolute Gasteiger partial charge is 0.256 e. The molecule has 0 spiro atoms. The van der Waals surface area contributed by atoms with Gasteiger partial charge in [-0.3, -0.25) is 0 Å². The van der Waals surface area contributed by atoms with Crippen LogP contribution in [0.15, 0.2) is 0 Å². The highest BCUT2D eigenvalue weighted by atomic mass is 19.3. The molecular weight excluding hydrogens is 160 g/mol. The lowest BCUT2D eigenvalue weighted by Gasteiger charge is -2.35. The minimum absolute atomic E-state index is 0.0197. The summed E-state index contributed by atoms with van der Waals surface area (Å²) in [5.41, 5.74) is 4.32. The Morgan fingerprint density at radius 3 is 2.17 bits per heavy atom. The Kier molecular flexibility index (Phi) is 3.04. The lowest BCUT2D eigenvalue weighted by atomic mass is 9.76. The topological polar surface area (TPSA) is 26.0 Å². The van der Waals surface area contributed by atoms with Crippen LogP contribution in [-0.4, -0.2) is 12.0 Å². The summed E-state index contributed by atoms with van der Waals surface area (Å²) < 4.78 is 24.9. The molecule has 3 heteroatoms. The van der Waals surface area contributed by atoms with Gasteiger partial charge in [-0.1, -0.05) is 19.3 Å². The Bertz CT molecular complexity index is 139. The fourth-order valence-corrected chi connectivity index (χ4v) is 1.90. The molecule has 1 aliphatic rings. The van der Waals surface area contributed by atoms with Gasteiger partial charge in [0, 0.05) is 0 Å². The number of alkyl halides is 2. The van der Waals surface area contributed by atoms with Crippen LogP contribution in [0.3, 0.4) is 0 Å². The Balaban J connectivity index is 2.53. The van der Waals surface area contributed by atoms with Crippen LogP contribution < -0.4 is 5.73 Å². The van der Waals surface area contributed by atoms with E-state index < -0.39 is 12.0 Å². The quantitative estimate of drug-likeness (QED) is 0.689. The van der Waals surface area contributed by atoms with E-state index in [1.807, 2.05) is 0 Å². The first-order chi connectivity index (χ1) is 5.55. The van der Waals surface area contributed by atoms with Gasteiger partial charge in [0.25, 0.3) is 6.43 Å². The van der Waals surface area contributed by atoms with Crippen molar-refractivity contribution in [3.05, 3.63) is 0 Å². The normalized spacial score (nSPS) is 25.8. The minimum Gasteiger partial charge on any atom is -0.320 e. The average Bonchev–Trinajstić information content (AvgIpc) is 2.06. The van der Waals surface area contributed by atoms with E-state index in [1.165, 1.54) is 13.3 Å². The summed E-state index contributed by atoms with van der Waals surface area (Å²) in [5, 5.41) is 0. The Labute approximate surface area is 72.3 Å². The first-order valence-electron chi connectivity index (χ1n) is 4.62. The molecule has 12 heavy (non-hydrogen) atoms. The second-order valence-corrected chi connectivity index (χ2v) is 4.00. The fraction of sp³-hybridized carbons (Fsp3) is 1.00. The standard InChI is InChI=1S/C9H17F2N/c1-9(12,8(10)11)7-5-3-2-4-6-7/h7-8H,2-6,12H2,1H3.